The molecule has 0 saturated heterocycles. The van der Waals surface area contributed by atoms with Crippen molar-refractivity contribution in [2.24, 2.45) is 0 Å². The van der Waals surface area contributed by atoms with Gasteiger partial charge in [-0.2, -0.15) is 0 Å². The molecule has 12 heavy (non-hydrogen) atoms. The summed E-state index contributed by atoms with van der Waals surface area (Å²) in [5.74, 6) is 0. The van der Waals surface area contributed by atoms with Crippen molar-refractivity contribution in [1.29, 1.82) is 0 Å². The van der Waals surface area contributed by atoms with E-state index >= 15 is 0 Å². The van der Waals surface area contributed by atoms with Gasteiger partial charge in [0.05, 0.1) is 0 Å². The van der Waals surface area contributed by atoms with Gasteiger partial charge in [0.15, 0.2) is 0 Å². The number of hydrogen-bond acceptors (Lipinski definition) is 0. The fourth-order valence-corrected chi connectivity index (χ4v) is 1.13. The topological polar surface area (TPSA) is 19.9 Å². The van der Waals surface area contributed by atoms with Crippen molar-refractivity contribution in [3.05, 3.63) is 48.2 Å². The molecular formula is C11H13O. The van der Waals surface area contributed by atoms with Crippen LogP contribution in [0, 0.1) is 0 Å². The van der Waals surface area contributed by atoms with E-state index in [0.717, 1.165) is 11.8 Å². The minimum absolute atomic E-state index is 0.150. The Morgan fingerprint density at radius 3 is 2.25 bits per heavy atom. The van der Waals surface area contributed by atoms with Gasteiger partial charge < -0.3 is 0 Å². The largest absolute Gasteiger partial charge is 0.299 e. The monoisotopic (exact) mass is 161 g/mol. The highest BCUT2D eigenvalue weighted by Gasteiger charge is 2.15. The van der Waals surface area contributed by atoms with E-state index in [1.807, 2.05) is 44.2 Å². The fourth-order valence-electron chi connectivity index (χ4n) is 1.13. The van der Waals surface area contributed by atoms with Crippen molar-refractivity contribution < 1.29 is 5.11 Å². The highest BCUT2D eigenvalue weighted by atomic mass is 16.2. The molecule has 0 saturated carbocycles. The minimum Gasteiger partial charge on any atom is -0.299 e. The van der Waals surface area contributed by atoms with Crippen molar-refractivity contribution in [3.63, 3.8) is 0 Å². The quantitative estimate of drug-likeness (QED) is 0.594. The lowest BCUT2D eigenvalue weighted by Crippen LogP contribution is -2.12. The zero-order valence-electron chi connectivity index (χ0n) is 7.45. The maximum atomic E-state index is 10.3. The summed E-state index contributed by atoms with van der Waals surface area (Å²) < 4.78 is 0. The lowest BCUT2D eigenvalue weighted by Gasteiger charge is -2.19. The third kappa shape index (κ3) is 1.88. The molecule has 0 fully saturated rings. The highest BCUT2D eigenvalue weighted by Crippen LogP contribution is 2.23. The van der Waals surface area contributed by atoms with Crippen LogP contribution in [0.3, 0.4) is 0 Å². The molecule has 0 N–H and O–H groups in total. The molecule has 63 valence electrons. The van der Waals surface area contributed by atoms with E-state index in [1.165, 1.54) is 0 Å². The van der Waals surface area contributed by atoms with Crippen LogP contribution in [-0.4, -0.2) is 0 Å². The van der Waals surface area contributed by atoms with Crippen LogP contribution in [0.4, 0.5) is 0 Å². The summed E-state index contributed by atoms with van der Waals surface area (Å²) in [6, 6.07) is 9.99. The van der Waals surface area contributed by atoms with Crippen LogP contribution in [0.2, 0.25) is 0 Å². The zero-order chi connectivity index (χ0) is 9.03. The maximum Gasteiger partial charge on any atom is 0.139 e. The molecule has 0 aliphatic rings. The first-order valence-electron chi connectivity index (χ1n) is 4.02. The first-order chi connectivity index (χ1) is 5.67. The van der Waals surface area contributed by atoms with Gasteiger partial charge in [-0.15, -0.1) is 0 Å². The second-order valence-corrected chi connectivity index (χ2v) is 3.39. The number of benzene rings is 1. The molecule has 0 heterocycles. The summed E-state index contributed by atoms with van der Waals surface area (Å²) in [5, 5.41) is 10.3. The normalized spacial score (nSPS) is 12.2. The Morgan fingerprint density at radius 1 is 1.17 bits per heavy atom. The number of allylic oxidation sites excluding steroid dienone is 1. The number of hydrogen-bond donors (Lipinski definition) is 0. The molecule has 0 aromatic heterocycles. The highest BCUT2D eigenvalue weighted by molar-refractivity contribution is 5.27. The lowest BCUT2D eigenvalue weighted by atomic mass is 9.85. The molecule has 0 bridgehead atoms. The van der Waals surface area contributed by atoms with Crippen LogP contribution in [0.25, 0.3) is 0 Å². The standard InChI is InChI=1S/C11H13O/c1-11(2,8-9-12)10-6-4-3-5-7-10/h3-9H,1-2H3/b9-8-. The molecule has 1 nitrogen and oxygen atoms in total. The second-order valence-electron chi connectivity index (χ2n) is 3.39. The van der Waals surface area contributed by atoms with E-state index in [0.29, 0.717) is 0 Å². The molecule has 0 spiro atoms. The zero-order valence-corrected chi connectivity index (χ0v) is 7.45. The first-order valence-corrected chi connectivity index (χ1v) is 4.02. The van der Waals surface area contributed by atoms with Crippen molar-refractivity contribution in [1.82, 2.24) is 0 Å². The summed E-state index contributed by atoms with van der Waals surface area (Å²) >= 11 is 0. The lowest BCUT2D eigenvalue weighted by molar-refractivity contribution is 0.345. The molecule has 1 rings (SSSR count). The average molecular weight is 161 g/mol. The third-order valence-corrected chi connectivity index (χ3v) is 2.00. The molecule has 1 heteroatoms. The van der Waals surface area contributed by atoms with Crippen molar-refractivity contribution in [3.8, 4) is 0 Å². The Morgan fingerprint density at radius 2 is 1.75 bits per heavy atom. The van der Waals surface area contributed by atoms with E-state index < -0.39 is 0 Å². The molecule has 0 aliphatic heterocycles. The van der Waals surface area contributed by atoms with Crippen LogP contribution in [0.15, 0.2) is 42.7 Å². The van der Waals surface area contributed by atoms with Gasteiger partial charge in [0, 0.05) is 5.41 Å². The van der Waals surface area contributed by atoms with E-state index in [4.69, 9.17) is 0 Å². The Hall–Kier alpha value is -1.24. The summed E-state index contributed by atoms with van der Waals surface area (Å²) in [5.41, 5.74) is 1.01. The SMILES string of the molecule is CC(C)(/C=C\[O])c1ccccc1. The first kappa shape index (κ1) is 8.85. The van der Waals surface area contributed by atoms with Gasteiger partial charge in [-0.1, -0.05) is 44.2 Å². The van der Waals surface area contributed by atoms with Gasteiger partial charge in [0.1, 0.15) is 6.26 Å². The molecule has 1 aromatic rings. The summed E-state index contributed by atoms with van der Waals surface area (Å²) in [6.07, 6.45) is 2.52. The number of rotatable bonds is 2. The molecule has 0 unspecified atom stereocenters. The smallest absolute Gasteiger partial charge is 0.139 e. The van der Waals surface area contributed by atoms with Crippen molar-refractivity contribution in [2.75, 3.05) is 0 Å². The maximum absolute atomic E-state index is 10.3. The van der Waals surface area contributed by atoms with Crippen LogP contribution < -0.4 is 0 Å². The summed E-state index contributed by atoms with van der Waals surface area (Å²) in [6.45, 7) is 4.05. The summed E-state index contributed by atoms with van der Waals surface area (Å²) in [4.78, 5) is 0. The molecule has 0 atom stereocenters. The van der Waals surface area contributed by atoms with Crippen LogP contribution in [-0.2, 0) is 10.5 Å². The third-order valence-electron chi connectivity index (χ3n) is 2.00. The predicted octanol–water partition coefficient (Wildman–Crippen LogP) is 2.91. The van der Waals surface area contributed by atoms with E-state index in [9.17, 15) is 5.11 Å². The molecule has 0 aliphatic carbocycles. The van der Waals surface area contributed by atoms with Gasteiger partial charge in [-0.25, -0.2) is 0 Å². The van der Waals surface area contributed by atoms with Gasteiger partial charge in [0.25, 0.3) is 0 Å². The van der Waals surface area contributed by atoms with Gasteiger partial charge in [-0.3, -0.25) is 5.11 Å². The van der Waals surface area contributed by atoms with Crippen molar-refractivity contribution >= 4 is 0 Å². The molecule has 0 amide bonds. The Kier molecular flexibility index (Phi) is 2.54. The van der Waals surface area contributed by atoms with Gasteiger partial charge in [0.2, 0.25) is 0 Å². The van der Waals surface area contributed by atoms with Crippen LogP contribution >= 0.6 is 0 Å². The molecule has 1 aromatic carbocycles. The van der Waals surface area contributed by atoms with E-state index in [1.54, 1.807) is 6.08 Å². The molecular weight excluding hydrogens is 148 g/mol. The fraction of sp³-hybridized carbons (Fsp3) is 0.273. The summed E-state index contributed by atoms with van der Waals surface area (Å²) in [7, 11) is 0. The minimum atomic E-state index is -0.150. The Bertz CT molecular complexity index is 260. The average Bonchev–Trinajstić information content (AvgIpc) is 2.06. The van der Waals surface area contributed by atoms with Crippen LogP contribution in [0.1, 0.15) is 19.4 Å². The molecule has 1 radical (unpaired) electrons. The van der Waals surface area contributed by atoms with Crippen molar-refractivity contribution in [2.45, 2.75) is 19.3 Å². The Labute approximate surface area is 73.4 Å². The van der Waals surface area contributed by atoms with Gasteiger partial charge >= 0.3 is 0 Å². The predicted molar refractivity (Wildman–Crippen MR) is 49.3 cm³/mol. The second kappa shape index (κ2) is 3.44. The van der Waals surface area contributed by atoms with E-state index in [-0.39, 0.29) is 5.41 Å². The van der Waals surface area contributed by atoms with Gasteiger partial charge in [-0.05, 0) is 11.6 Å². The van der Waals surface area contributed by atoms with E-state index in [2.05, 4.69) is 0 Å². The van der Waals surface area contributed by atoms with Crippen LogP contribution in [0.5, 0.6) is 0 Å². The Balaban J connectivity index is 2.97.